The Labute approximate surface area is 160 Å². The maximum Gasteiger partial charge on any atom is 0.262 e. The van der Waals surface area contributed by atoms with Gasteiger partial charge in [0.1, 0.15) is 11.4 Å². The first kappa shape index (κ1) is 16.6. The van der Waals surface area contributed by atoms with Crippen LogP contribution in [0.2, 0.25) is 0 Å². The minimum Gasteiger partial charge on any atom is -0.329 e. The van der Waals surface area contributed by atoms with E-state index in [0.29, 0.717) is 28.9 Å². The lowest BCUT2D eigenvalue weighted by Crippen LogP contribution is -2.26. The van der Waals surface area contributed by atoms with Crippen LogP contribution in [0.1, 0.15) is 34.8 Å². The fraction of sp³-hybridized carbons (Fsp3) is 0.278. The van der Waals surface area contributed by atoms with Crippen LogP contribution < -0.4 is 10.6 Å². The van der Waals surface area contributed by atoms with Crippen LogP contribution in [0.4, 0.5) is 5.82 Å². The molecule has 4 aromatic heterocycles. The Morgan fingerprint density at radius 2 is 2.11 bits per heavy atom. The van der Waals surface area contributed by atoms with Crippen LogP contribution in [0, 0.1) is 0 Å². The molecular weight excluding hydrogens is 358 g/mol. The van der Waals surface area contributed by atoms with E-state index in [0.717, 1.165) is 31.6 Å². The molecule has 10 nitrogen and oxygen atoms in total. The molecule has 1 saturated heterocycles. The lowest BCUT2D eigenvalue weighted by atomic mass is 9.95. The molecule has 28 heavy (non-hydrogen) atoms. The lowest BCUT2D eigenvalue weighted by molar-refractivity contribution is 0.102. The summed E-state index contributed by atoms with van der Waals surface area (Å²) in [5.74, 6) is 1.17. The molecule has 0 bridgehead atoms. The molecule has 1 aliphatic heterocycles. The van der Waals surface area contributed by atoms with E-state index in [4.69, 9.17) is 5.10 Å². The van der Waals surface area contributed by atoms with Gasteiger partial charge < -0.3 is 15.6 Å². The van der Waals surface area contributed by atoms with Gasteiger partial charge in [-0.2, -0.15) is 14.9 Å². The second-order valence-electron chi connectivity index (χ2n) is 6.70. The van der Waals surface area contributed by atoms with E-state index in [1.165, 1.54) is 6.20 Å². The number of nitrogens with one attached hydrogen (secondary N) is 3. The van der Waals surface area contributed by atoms with Crippen molar-refractivity contribution in [1.82, 2.24) is 39.7 Å². The molecule has 0 atom stereocenters. The Kier molecular flexibility index (Phi) is 4.09. The van der Waals surface area contributed by atoms with Crippen LogP contribution in [-0.4, -0.2) is 53.3 Å². The minimum absolute atomic E-state index is 0.293. The van der Waals surface area contributed by atoms with Gasteiger partial charge in [-0.05, 0) is 32.0 Å². The van der Waals surface area contributed by atoms with E-state index in [9.17, 15) is 4.79 Å². The molecule has 0 saturated carbocycles. The highest BCUT2D eigenvalue weighted by Crippen LogP contribution is 2.27. The summed E-state index contributed by atoms with van der Waals surface area (Å²) >= 11 is 0. The first-order chi connectivity index (χ1) is 13.8. The molecule has 1 fully saturated rings. The number of hydrogen-bond acceptors (Lipinski definition) is 6. The van der Waals surface area contributed by atoms with Gasteiger partial charge in [-0.3, -0.25) is 4.79 Å². The zero-order valence-corrected chi connectivity index (χ0v) is 15.0. The van der Waals surface area contributed by atoms with E-state index in [1.807, 2.05) is 6.07 Å². The molecule has 0 unspecified atom stereocenters. The van der Waals surface area contributed by atoms with E-state index in [2.05, 4.69) is 30.7 Å². The average Bonchev–Trinajstić information content (AvgIpc) is 3.47. The van der Waals surface area contributed by atoms with Crippen molar-refractivity contribution in [2.24, 2.45) is 0 Å². The number of aromatic nitrogens is 7. The monoisotopic (exact) mass is 377 g/mol. The molecule has 0 aromatic carbocycles. The molecule has 5 rings (SSSR count). The largest absolute Gasteiger partial charge is 0.329 e. The molecule has 4 aromatic rings. The van der Waals surface area contributed by atoms with Crippen LogP contribution >= 0.6 is 0 Å². The predicted octanol–water partition coefficient (Wildman–Crippen LogP) is 1.36. The number of carbonyl (C=O) groups is 1. The Hall–Kier alpha value is -3.53. The Bertz CT molecular complexity index is 1110. The van der Waals surface area contributed by atoms with Crippen molar-refractivity contribution in [3.05, 3.63) is 54.4 Å². The van der Waals surface area contributed by atoms with Gasteiger partial charge in [0.05, 0.1) is 11.9 Å². The maximum absolute atomic E-state index is 12.9. The molecule has 5 heterocycles. The van der Waals surface area contributed by atoms with Crippen molar-refractivity contribution in [3.63, 3.8) is 0 Å². The smallest absolute Gasteiger partial charge is 0.262 e. The molecule has 142 valence electrons. The van der Waals surface area contributed by atoms with Gasteiger partial charge in [0.25, 0.3) is 5.91 Å². The number of H-pyrrole nitrogens is 1. The van der Waals surface area contributed by atoms with E-state index >= 15 is 0 Å². The number of hydrogen-bond donors (Lipinski definition) is 3. The molecule has 0 spiro atoms. The summed E-state index contributed by atoms with van der Waals surface area (Å²) < 4.78 is 3.20. The third-order valence-electron chi connectivity index (χ3n) is 4.94. The molecular formula is C18H19N9O. The number of carbonyl (C=O) groups excluding carboxylic acids is 1. The second kappa shape index (κ2) is 6.89. The molecule has 10 heteroatoms. The van der Waals surface area contributed by atoms with Crippen LogP contribution in [0.25, 0.3) is 11.6 Å². The highest BCUT2D eigenvalue weighted by molar-refractivity contribution is 6.07. The number of amides is 1. The Balaban J connectivity index is 1.49. The lowest BCUT2D eigenvalue weighted by Gasteiger charge is -2.20. The number of nitrogens with zero attached hydrogens (tertiary/aromatic N) is 6. The summed E-state index contributed by atoms with van der Waals surface area (Å²) in [6.45, 7) is 1.93. The SMILES string of the molecule is O=C(Nc1cc(C2CCNCC2)nn1-c1ncc[nH]1)c1cnn2cccnc12. The van der Waals surface area contributed by atoms with Crippen molar-refractivity contribution < 1.29 is 4.79 Å². The summed E-state index contributed by atoms with van der Waals surface area (Å²) in [6, 6.07) is 3.69. The zero-order chi connectivity index (χ0) is 18.9. The first-order valence-corrected chi connectivity index (χ1v) is 9.20. The molecule has 1 aliphatic rings. The van der Waals surface area contributed by atoms with E-state index in [-0.39, 0.29) is 5.91 Å². The second-order valence-corrected chi connectivity index (χ2v) is 6.70. The summed E-state index contributed by atoms with van der Waals surface area (Å²) in [5, 5.41) is 15.2. The number of piperidine rings is 1. The fourth-order valence-corrected chi connectivity index (χ4v) is 3.51. The van der Waals surface area contributed by atoms with Gasteiger partial charge in [-0.25, -0.2) is 14.5 Å². The van der Waals surface area contributed by atoms with Crippen molar-refractivity contribution in [1.29, 1.82) is 0 Å². The fourth-order valence-electron chi connectivity index (χ4n) is 3.51. The van der Waals surface area contributed by atoms with Crippen LogP contribution in [0.15, 0.2) is 43.1 Å². The summed E-state index contributed by atoms with van der Waals surface area (Å²) in [4.78, 5) is 24.5. The molecule has 3 N–H and O–H groups in total. The van der Waals surface area contributed by atoms with Crippen molar-refractivity contribution in [2.75, 3.05) is 18.4 Å². The van der Waals surface area contributed by atoms with Crippen molar-refractivity contribution in [3.8, 4) is 5.95 Å². The van der Waals surface area contributed by atoms with Gasteiger partial charge >= 0.3 is 0 Å². The molecule has 1 amide bonds. The van der Waals surface area contributed by atoms with Gasteiger partial charge in [-0.1, -0.05) is 0 Å². The highest BCUT2D eigenvalue weighted by Gasteiger charge is 2.23. The van der Waals surface area contributed by atoms with E-state index in [1.54, 1.807) is 40.1 Å². The summed E-state index contributed by atoms with van der Waals surface area (Å²) in [5.41, 5.74) is 1.85. The normalized spacial score (nSPS) is 15.1. The Morgan fingerprint density at radius 1 is 1.21 bits per heavy atom. The number of fused-ring (bicyclic) bond motifs is 1. The maximum atomic E-state index is 12.9. The Morgan fingerprint density at radius 3 is 2.93 bits per heavy atom. The first-order valence-electron chi connectivity index (χ1n) is 9.20. The summed E-state index contributed by atoms with van der Waals surface area (Å²) in [7, 11) is 0. The quantitative estimate of drug-likeness (QED) is 0.494. The van der Waals surface area contributed by atoms with Gasteiger partial charge in [0.15, 0.2) is 5.65 Å². The van der Waals surface area contributed by atoms with Gasteiger partial charge in [0.2, 0.25) is 5.95 Å². The van der Waals surface area contributed by atoms with E-state index < -0.39 is 0 Å². The molecule has 0 aliphatic carbocycles. The topological polar surface area (TPSA) is 118 Å². The molecule has 0 radical (unpaired) electrons. The van der Waals surface area contributed by atoms with Crippen molar-refractivity contribution >= 4 is 17.4 Å². The third-order valence-corrected chi connectivity index (χ3v) is 4.94. The third kappa shape index (κ3) is 2.93. The number of aromatic amines is 1. The predicted molar refractivity (Wildman–Crippen MR) is 101 cm³/mol. The van der Waals surface area contributed by atoms with Gasteiger partial charge in [-0.15, -0.1) is 0 Å². The minimum atomic E-state index is -0.293. The van der Waals surface area contributed by atoms with Gasteiger partial charge in [0, 0.05) is 36.8 Å². The van der Waals surface area contributed by atoms with Crippen LogP contribution in [0.5, 0.6) is 0 Å². The van der Waals surface area contributed by atoms with Crippen LogP contribution in [0.3, 0.4) is 0 Å². The van der Waals surface area contributed by atoms with Crippen LogP contribution in [-0.2, 0) is 0 Å². The average molecular weight is 377 g/mol. The number of rotatable bonds is 4. The van der Waals surface area contributed by atoms with Crippen molar-refractivity contribution in [2.45, 2.75) is 18.8 Å². The number of imidazole rings is 1. The zero-order valence-electron chi connectivity index (χ0n) is 15.0. The highest BCUT2D eigenvalue weighted by atomic mass is 16.1. The summed E-state index contributed by atoms with van der Waals surface area (Å²) in [6.07, 6.45) is 10.3. The standard InChI is InChI=1S/C18H19N9O/c28-17(13-11-23-26-9-1-4-20-16(13)26)24-15-10-14(12-2-5-19-6-3-12)25-27(15)18-21-7-8-22-18/h1,4,7-12,19H,2-3,5-6H2,(H,21,22)(H,24,28). The number of anilines is 1.